The maximum atomic E-state index is 11.7. The minimum Gasteiger partial charge on any atom is -0.465 e. The molecular weight excluding hydrogens is 348 g/mol. The fourth-order valence-corrected chi connectivity index (χ4v) is 3.02. The number of aromatic nitrogens is 2. The summed E-state index contributed by atoms with van der Waals surface area (Å²) in [7, 11) is 1.38. The molecule has 2 aromatic heterocycles. The van der Waals surface area contributed by atoms with Gasteiger partial charge in [-0.1, -0.05) is 48.5 Å². The van der Waals surface area contributed by atoms with Crippen molar-refractivity contribution >= 4 is 5.97 Å². The van der Waals surface area contributed by atoms with Crippen molar-refractivity contribution < 1.29 is 9.53 Å². The van der Waals surface area contributed by atoms with Crippen LogP contribution in [0.1, 0.15) is 10.4 Å². The number of benzene rings is 2. The molecule has 2 heterocycles. The van der Waals surface area contributed by atoms with Crippen LogP contribution in [-0.2, 0) is 4.74 Å². The molecule has 0 bridgehead atoms. The minimum absolute atomic E-state index is 0.347. The molecule has 0 aliphatic carbocycles. The average Bonchev–Trinajstić information content (AvgIpc) is 2.79. The highest BCUT2D eigenvalue weighted by Gasteiger charge is 2.10. The first kappa shape index (κ1) is 17.6. The number of pyridine rings is 2. The van der Waals surface area contributed by atoms with Gasteiger partial charge in [0.25, 0.3) is 0 Å². The van der Waals surface area contributed by atoms with Crippen LogP contribution in [0.2, 0.25) is 0 Å². The van der Waals surface area contributed by atoms with Gasteiger partial charge in [-0.3, -0.25) is 4.98 Å². The van der Waals surface area contributed by atoms with Gasteiger partial charge in [0.05, 0.1) is 29.8 Å². The first-order valence-corrected chi connectivity index (χ1v) is 8.92. The topological polar surface area (TPSA) is 52.1 Å². The Morgan fingerprint density at radius 1 is 0.714 bits per heavy atom. The highest BCUT2D eigenvalue weighted by Crippen LogP contribution is 2.29. The van der Waals surface area contributed by atoms with Crippen LogP contribution in [0.3, 0.4) is 0 Å². The van der Waals surface area contributed by atoms with E-state index in [1.807, 2.05) is 66.7 Å². The van der Waals surface area contributed by atoms with Gasteiger partial charge in [-0.25, -0.2) is 9.78 Å². The standard InChI is InChI=1S/C24H18N2O2/c1-28-24(27)19-12-10-17(11-13-19)20-15-22(18-7-3-2-4-8-18)26-23(16-20)21-9-5-6-14-25-21/h2-16H,1H3. The van der Waals surface area contributed by atoms with Gasteiger partial charge < -0.3 is 4.74 Å². The number of carbonyl (C=O) groups is 1. The Morgan fingerprint density at radius 2 is 1.43 bits per heavy atom. The highest BCUT2D eigenvalue weighted by molar-refractivity contribution is 5.90. The molecule has 28 heavy (non-hydrogen) atoms. The molecule has 4 rings (SSSR count). The molecule has 0 saturated carbocycles. The zero-order valence-electron chi connectivity index (χ0n) is 15.4. The van der Waals surface area contributed by atoms with Crippen molar-refractivity contribution in [1.29, 1.82) is 0 Å². The number of hydrogen-bond donors (Lipinski definition) is 0. The van der Waals surface area contributed by atoms with Crippen molar-refractivity contribution in [3.63, 3.8) is 0 Å². The minimum atomic E-state index is -0.347. The Bertz CT molecular complexity index is 1030. The van der Waals surface area contributed by atoms with Crippen molar-refractivity contribution in [3.05, 3.63) is 96.7 Å². The Kier molecular flexibility index (Phi) is 4.93. The average molecular weight is 366 g/mol. The molecule has 0 amide bonds. The molecule has 0 atom stereocenters. The van der Waals surface area contributed by atoms with Crippen molar-refractivity contribution in [2.24, 2.45) is 0 Å². The Balaban J connectivity index is 1.83. The summed E-state index contributed by atoms with van der Waals surface area (Å²) in [6.45, 7) is 0. The number of hydrogen-bond acceptors (Lipinski definition) is 4. The predicted octanol–water partition coefficient (Wildman–Crippen LogP) is 5.26. The molecule has 4 aromatic rings. The molecule has 0 aliphatic heterocycles. The Labute approximate surface area is 163 Å². The Hall–Kier alpha value is -3.79. The molecule has 4 nitrogen and oxygen atoms in total. The van der Waals surface area contributed by atoms with Gasteiger partial charge in [0, 0.05) is 11.8 Å². The van der Waals surface area contributed by atoms with E-state index in [2.05, 4.69) is 11.1 Å². The van der Waals surface area contributed by atoms with Crippen LogP contribution in [0.15, 0.2) is 91.1 Å². The van der Waals surface area contributed by atoms with Crippen molar-refractivity contribution in [1.82, 2.24) is 9.97 Å². The summed E-state index contributed by atoms with van der Waals surface area (Å²) in [5, 5.41) is 0. The zero-order chi connectivity index (χ0) is 19.3. The SMILES string of the molecule is COC(=O)c1ccc(-c2cc(-c3ccccc3)nc(-c3ccccn3)c2)cc1. The second kappa shape index (κ2) is 7.84. The highest BCUT2D eigenvalue weighted by atomic mass is 16.5. The van der Waals surface area contributed by atoms with Crippen molar-refractivity contribution in [3.8, 4) is 33.8 Å². The third kappa shape index (κ3) is 3.67. The maximum absolute atomic E-state index is 11.7. The third-order valence-electron chi connectivity index (χ3n) is 4.46. The van der Waals surface area contributed by atoms with E-state index in [9.17, 15) is 4.79 Å². The smallest absolute Gasteiger partial charge is 0.337 e. The number of esters is 1. The monoisotopic (exact) mass is 366 g/mol. The number of methoxy groups -OCH3 is 1. The summed E-state index contributed by atoms with van der Waals surface area (Å²) < 4.78 is 4.78. The van der Waals surface area contributed by atoms with Crippen LogP contribution in [0.4, 0.5) is 0 Å². The second-order valence-electron chi connectivity index (χ2n) is 6.28. The van der Waals surface area contributed by atoms with E-state index < -0.39 is 0 Å². The van der Waals surface area contributed by atoms with E-state index in [1.165, 1.54) is 7.11 Å². The van der Waals surface area contributed by atoms with Gasteiger partial charge in [0.1, 0.15) is 0 Å². The summed E-state index contributed by atoms with van der Waals surface area (Å²) in [5.41, 5.74) is 6.04. The van der Waals surface area contributed by atoms with E-state index in [0.29, 0.717) is 5.56 Å². The normalized spacial score (nSPS) is 10.5. The van der Waals surface area contributed by atoms with E-state index >= 15 is 0 Å². The molecular formula is C24H18N2O2. The molecule has 4 heteroatoms. The van der Waals surface area contributed by atoms with Crippen LogP contribution in [0.5, 0.6) is 0 Å². The number of ether oxygens (including phenoxy) is 1. The number of nitrogens with zero attached hydrogens (tertiary/aromatic N) is 2. The van der Waals surface area contributed by atoms with E-state index in [-0.39, 0.29) is 5.97 Å². The van der Waals surface area contributed by atoms with E-state index in [1.54, 1.807) is 18.3 Å². The molecule has 0 aliphatic rings. The lowest BCUT2D eigenvalue weighted by atomic mass is 10.00. The van der Waals surface area contributed by atoms with Gasteiger partial charge in [0.2, 0.25) is 0 Å². The maximum Gasteiger partial charge on any atom is 0.337 e. The van der Waals surface area contributed by atoms with E-state index in [0.717, 1.165) is 33.8 Å². The van der Waals surface area contributed by atoms with E-state index in [4.69, 9.17) is 9.72 Å². The molecule has 0 saturated heterocycles. The van der Waals surface area contributed by atoms with Crippen LogP contribution in [0.25, 0.3) is 33.8 Å². The van der Waals surface area contributed by atoms with Crippen molar-refractivity contribution in [2.75, 3.05) is 7.11 Å². The predicted molar refractivity (Wildman–Crippen MR) is 110 cm³/mol. The van der Waals surface area contributed by atoms with Crippen LogP contribution < -0.4 is 0 Å². The number of rotatable bonds is 4. The third-order valence-corrected chi connectivity index (χ3v) is 4.46. The van der Waals surface area contributed by atoms with Gasteiger partial charge in [-0.2, -0.15) is 0 Å². The van der Waals surface area contributed by atoms with Gasteiger partial charge in [-0.15, -0.1) is 0 Å². The van der Waals surface area contributed by atoms with Crippen LogP contribution in [0, 0.1) is 0 Å². The van der Waals surface area contributed by atoms with Gasteiger partial charge in [-0.05, 0) is 47.5 Å². The van der Waals surface area contributed by atoms with Gasteiger partial charge >= 0.3 is 5.97 Å². The first-order chi connectivity index (χ1) is 13.7. The molecule has 0 N–H and O–H groups in total. The lowest BCUT2D eigenvalue weighted by Crippen LogP contribution is -2.00. The summed E-state index contributed by atoms with van der Waals surface area (Å²) in [6.07, 6.45) is 1.76. The lowest BCUT2D eigenvalue weighted by molar-refractivity contribution is 0.0601. The lowest BCUT2D eigenvalue weighted by Gasteiger charge is -2.10. The summed E-state index contributed by atoms with van der Waals surface area (Å²) in [6, 6.07) is 27.3. The van der Waals surface area contributed by atoms with Crippen molar-refractivity contribution in [2.45, 2.75) is 0 Å². The molecule has 136 valence electrons. The molecule has 2 aromatic carbocycles. The molecule has 0 spiro atoms. The zero-order valence-corrected chi connectivity index (χ0v) is 15.4. The summed E-state index contributed by atoms with van der Waals surface area (Å²) in [4.78, 5) is 21.0. The first-order valence-electron chi connectivity index (χ1n) is 8.92. The quantitative estimate of drug-likeness (QED) is 0.462. The Morgan fingerprint density at radius 3 is 2.11 bits per heavy atom. The largest absolute Gasteiger partial charge is 0.465 e. The molecule has 0 unspecified atom stereocenters. The fourth-order valence-electron chi connectivity index (χ4n) is 3.02. The fraction of sp³-hybridized carbons (Fsp3) is 0.0417. The van der Waals surface area contributed by atoms with Crippen LogP contribution >= 0.6 is 0 Å². The molecule has 0 radical (unpaired) electrons. The second-order valence-corrected chi connectivity index (χ2v) is 6.28. The van der Waals surface area contributed by atoms with Crippen LogP contribution in [-0.4, -0.2) is 23.0 Å². The summed E-state index contributed by atoms with van der Waals surface area (Å²) >= 11 is 0. The van der Waals surface area contributed by atoms with Gasteiger partial charge in [0.15, 0.2) is 0 Å². The molecule has 0 fully saturated rings. The summed E-state index contributed by atoms with van der Waals surface area (Å²) in [5.74, 6) is -0.347. The number of carbonyl (C=O) groups excluding carboxylic acids is 1.